The van der Waals surface area contributed by atoms with Crippen LogP contribution in [0.3, 0.4) is 0 Å². The first-order valence-electron chi connectivity index (χ1n) is 27.7. The van der Waals surface area contributed by atoms with E-state index in [0.717, 1.165) is 78.9 Å². The highest BCUT2D eigenvalue weighted by atomic mass is 32.1. The topological polar surface area (TPSA) is 260 Å². The number of imide groups is 2. The van der Waals surface area contributed by atoms with Crippen LogP contribution in [-0.4, -0.2) is 140 Å². The zero-order valence-electron chi connectivity index (χ0n) is 46.0. The SMILES string of the molecule is CC(C)(C)[C@H](NC(=O)c1cc2cc(C(F)(F)P(=O)(O)O)ccc2s1)C(=O)N1CCN(C(=O)CC(=O)NCCCCCCCCCC#Cc2ccc3c(c2)C(=O)N(C2CCC(=O)NC2=O)C3=O)C[C@H]1C(=O)N1CCCC(c2ccccc2)C1. The number of fused-ring (bicyclic) bond motifs is 2. The lowest BCUT2D eigenvalue weighted by Crippen LogP contribution is -2.66. The second-order valence-corrected chi connectivity index (χ2v) is 25.1. The molecule has 8 rings (SSSR count). The Kier molecular flexibility index (Phi) is 19.3. The summed E-state index contributed by atoms with van der Waals surface area (Å²) in [7, 11) is -5.86. The largest absolute Gasteiger partial charge is 0.399 e. The molecule has 2 unspecified atom stereocenters. The van der Waals surface area contributed by atoms with E-state index in [4.69, 9.17) is 0 Å². The number of rotatable bonds is 19. The molecule has 0 spiro atoms. The van der Waals surface area contributed by atoms with Crippen LogP contribution in [0.4, 0.5) is 8.78 Å². The lowest BCUT2D eigenvalue weighted by Gasteiger charge is -2.45. The number of halogens is 2. The van der Waals surface area contributed by atoms with E-state index in [-0.39, 0.29) is 65.7 Å². The standard InChI is InChI=1S/C59H68F2N7O12PS/c1-58(2,3)51(64-53(73)47-33-40-32-41(22-25-46(40)82-47)59(60,61)81(78,79)80)57(77)67-30-29-65(36-45(67)56(76)66-28-16-20-39(35-66)38-18-13-11-14-19-38)50(71)34-49(70)62-27-15-10-8-6-4-5-7-9-12-17-37-21-23-42-43(31-37)55(75)68(54(42)74)44-24-26-48(69)63-52(44)72/h11,13-14,18-19,21-23,25,31-33,39,44-45,51H,4-10,15-16,20,24,26-30,34-36H2,1-3H3,(H,62,70)(H,64,73)(H,63,69,72)(H2,78,79,80)/t39?,44?,45-,51+/m0/s1. The zero-order chi connectivity index (χ0) is 59.1. The van der Waals surface area contributed by atoms with Crippen molar-refractivity contribution >= 4 is 82.2 Å². The van der Waals surface area contributed by atoms with Gasteiger partial charge in [-0.25, -0.2) is 0 Å². The summed E-state index contributed by atoms with van der Waals surface area (Å²) in [5.74, 6) is 1.35. The second kappa shape index (κ2) is 25.9. The lowest BCUT2D eigenvalue weighted by atomic mass is 9.85. The van der Waals surface area contributed by atoms with Crippen LogP contribution in [0.2, 0.25) is 0 Å². The van der Waals surface area contributed by atoms with Crippen molar-refractivity contribution in [2.24, 2.45) is 5.41 Å². The summed E-state index contributed by atoms with van der Waals surface area (Å²) < 4.78 is 41.2. The Labute approximate surface area is 478 Å². The molecule has 5 heterocycles. The predicted molar refractivity (Wildman–Crippen MR) is 300 cm³/mol. The Morgan fingerprint density at radius 1 is 0.817 bits per heavy atom. The van der Waals surface area contributed by atoms with E-state index < -0.39 is 96.0 Å². The number of thiophene rings is 1. The van der Waals surface area contributed by atoms with E-state index in [1.165, 1.54) is 28.0 Å². The van der Waals surface area contributed by atoms with Crippen molar-refractivity contribution in [3.63, 3.8) is 0 Å². The maximum absolute atomic E-state index is 14.9. The first-order valence-corrected chi connectivity index (χ1v) is 30.2. The average Bonchev–Trinajstić information content (AvgIpc) is 4.22. The first-order chi connectivity index (χ1) is 38.9. The van der Waals surface area contributed by atoms with Crippen LogP contribution in [0.25, 0.3) is 10.1 Å². The van der Waals surface area contributed by atoms with E-state index in [1.807, 2.05) is 30.3 Å². The van der Waals surface area contributed by atoms with E-state index >= 15 is 0 Å². The van der Waals surface area contributed by atoms with Crippen LogP contribution >= 0.6 is 18.9 Å². The van der Waals surface area contributed by atoms with Crippen LogP contribution in [-0.2, 0) is 39.0 Å². The van der Waals surface area contributed by atoms with Gasteiger partial charge in [-0.1, -0.05) is 101 Å². The molecule has 3 fully saturated rings. The minimum atomic E-state index is -5.86. The molecule has 1 aromatic heterocycles. The van der Waals surface area contributed by atoms with Gasteiger partial charge in [-0.2, -0.15) is 8.78 Å². The molecule has 4 aromatic rings. The Hall–Kier alpha value is -7.18. The van der Waals surface area contributed by atoms with Crippen molar-refractivity contribution in [2.45, 2.75) is 134 Å². The molecule has 4 aliphatic heterocycles. The van der Waals surface area contributed by atoms with Crippen molar-refractivity contribution in [3.05, 3.63) is 105 Å². The Bertz CT molecular complexity index is 3260. The third-order valence-corrected chi connectivity index (χ3v) is 17.5. The van der Waals surface area contributed by atoms with Crippen molar-refractivity contribution in [1.82, 2.24) is 35.6 Å². The van der Waals surface area contributed by atoms with E-state index in [0.29, 0.717) is 49.2 Å². The number of nitrogens with zero attached hydrogens (tertiary/aromatic N) is 4. The van der Waals surface area contributed by atoms with Crippen molar-refractivity contribution < 1.29 is 66.3 Å². The summed E-state index contributed by atoms with van der Waals surface area (Å²) in [4.78, 5) is 145. The van der Waals surface area contributed by atoms with Crippen LogP contribution in [0.5, 0.6) is 0 Å². The fraction of sp³-hybridized carbons (Fsp3) is 0.475. The van der Waals surface area contributed by atoms with E-state index in [2.05, 4.69) is 27.8 Å². The minimum Gasteiger partial charge on any atom is -0.356 e. The molecular formula is C59H68F2N7O12PS. The van der Waals surface area contributed by atoms with Crippen LogP contribution in [0, 0.1) is 17.3 Å². The van der Waals surface area contributed by atoms with Gasteiger partial charge in [-0.3, -0.25) is 57.9 Å². The molecule has 3 aromatic carbocycles. The van der Waals surface area contributed by atoms with Gasteiger partial charge in [-0.15, -0.1) is 11.3 Å². The third kappa shape index (κ3) is 14.2. The van der Waals surface area contributed by atoms with Gasteiger partial charge in [0.05, 0.1) is 22.5 Å². The summed E-state index contributed by atoms with van der Waals surface area (Å²) >= 11 is 0.940. The molecule has 4 aliphatic rings. The number of nitrogens with one attached hydrogen (secondary N) is 3. The van der Waals surface area contributed by atoms with Crippen LogP contribution in [0.1, 0.15) is 157 Å². The molecule has 9 amide bonds. The monoisotopic (exact) mass is 1170 g/mol. The molecule has 19 nitrogen and oxygen atoms in total. The normalized spacial score (nSPS) is 19.1. The average molecular weight is 1170 g/mol. The molecule has 5 N–H and O–H groups in total. The number of amides is 9. The number of alkyl halides is 2. The number of unbranched alkanes of at least 4 members (excludes halogenated alkanes) is 7. The summed E-state index contributed by atoms with van der Waals surface area (Å²) in [6.45, 7) is 6.14. The highest BCUT2D eigenvalue weighted by molar-refractivity contribution is 7.52. The number of likely N-dealkylation sites (tertiary alicyclic amines) is 1. The molecule has 82 heavy (non-hydrogen) atoms. The Morgan fingerprint density at radius 3 is 2.23 bits per heavy atom. The predicted octanol–water partition coefficient (Wildman–Crippen LogP) is 6.80. The van der Waals surface area contributed by atoms with Gasteiger partial charge in [0.2, 0.25) is 35.4 Å². The summed E-state index contributed by atoms with van der Waals surface area (Å²) in [6.07, 6.45) is 8.15. The molecule has 3 saturated heterocycles. The van der Waals surface area contributed by atoms with E-state index in [1.54, 1.807) is 37.8 Å². The van der Waals surface area contributed by atoms with Crippen LogP contribution < -0.4 is 16.0 Å². The molecule has 4 atom stereocenters. The fourth-order valence-corrected chi connectivity index (χ4v) is 12.3. The number of carbonyl (C=O) groups excluding carboxylic acids is 9. The van der Waals surface area contributed by atoms with Gasteiger partial charge < -0.3 is 35.1 Å². The zero-order valence-corrected chi connectivity index (χ0v) is 47.8. The highest BCUT2D eigenvalue weighted by Gasteiger charge is 2.51. The Balaban J connectivity index is 0.806. The highest BCUT2D eigenvalue weighted by Crippen LogP contribution is 2.59. The summed E-state index contributed by atoms with van der Waals surface area (Å²) in [6, 6.07) is 15.5. The first kappa shape index (κ1) is 60.9. The van der Waals surface area contributed by atoms with Crippen molar-refractivity contribution in [3.8, 4) is 11.8 Å². The van der Waals surface area contributed by atoms with Gasteiger partial charge in [0, 0.05) is 67.3 Å². The smallest absolute Gasteiger partial charge is 0.356 e. The second-order valence-electron chi connectivity index (χ2n) is 22.4. The third-order valence-electron chi connectivity index (χ3n) is 15.4. The van der Waals surface area contributed by atoms with Crippen molar-refractivity contribution in [2.75, 3.05) is 39.3 Å². The number of benzene rings is 3. The van der Waals surface area contributed by atoms with E-state index in [9.17, 15) is 66.3 Å². The number of piperazine rings is 1. The van der Waals surface area contributed by atoms with Crippen LogP contribution in [0.15, 0.2) is 72.8 Å². The van der Waals surface area contributed by atoms with Gasteiger partial charge in [-0.05, 0) is 84.9 Å². The Morgan fingerprint density at radius 2 is 1.52 bits per heavy atom. The summed E-state index contributed by atoms with van der Waals surface area (Å²) in [5.41, 5.74) is -4.29. The molecule has 436 valence electrons. The maximum Gasteiger partial charge on any atom is 0.399 e. The van der Waals surface area contributed by atoms with Gasteiger partial charge in [0.1, 0.15) is 24.5 Å². The quantitative estimate of drug-likeness (QED) is 0.0214. The van der Waals surface area contributed by atoms with Gasteiger partial charge in [0.15, 0.2) is 0 Å². The number of hydrogen-bond acceptors (Lipinski definition) is 11. The molecule has 0 aliphatic carbocycles. The lowest BCUT2D eigenvalue weighted by molar-refractivity contribution is -0.155. The molecule has 0 saturated carbocycles. The maximum atomic E-state index is 14.9. The van der Waals surface area contributed by atoms with Crippen molar-refractivity contribution in [1.29, 1.82) is 0 Å². The minimum absolute atomic E-state index is 0.0121. The molecule has 0 bridgehead atoms. The molecule has 23 heteroatoms. The van der Waals surface area contributed by atoms with Gasteiger partial charge in [0.25, 0.3) is 17.7 Å². The molecular weight excluding hydrogens is 1100 g/mol. The number of piperidine rings is 2. The fourth-order valence-electron chi connectivity index (χ4n) is 10.9. The summed E-state index contributed by atoms with van der Waals surface area (Å²) in [5, 5.41) is 7.98. The van der Waals surface area contributed by atoms with Gasteiger partial charge >= 0.3 is 13.3 Å². The number of carbonyl (C=O) groups is 9. The molecule has 0 radical (unpaired) electrons. The number of hydrogen-bond donors (Lipinski definition) is 5.